The molecule has 2 N–H and O–H groups in total. The lowest BCUT2D eigenvalue weighted by atomic mass is 9.96. The molecule has 0 aliphatic heterocycles. The predicted octanol–water partition coefficient (Wildman–Crippen LogP) is 3.70. The van der Waals surface area contributed by atoms with Crippen LogP contribution in [-0.4, -0.2) is 0 Å². The molecule has 18 heavy (non-hydrogen) atoms. The number of aryl methyl sites for hydroxylation is 3. The third-order valence-electron chi connectivity index (χ3n) is 3.46. The Morgan fingerprint density at radius 1 is 1.11 bits per heavy atom. The molecule has 1 unspecified atom stereocenters. The summed E-state index contributed by atoms with van der Waals surface area (Å²) < 4.78 is 5.72. The van der Waals surface area contributed by atoms with Crippen molar-refractivity contribution in [3.05, 3.63) is 58.5 Å². The van der Waals surface area contributed by atoms with Crippen LogP contribution in [0.1, 0.15) is 41.2 Å². The van der Waals surface area contributed by atoms with Crippen LogP contribution in [0.2, 0.25) is 0 Å². The van der Waals surface area contributed by atoms with E-state index in [1.165, 1.54) is 16.7 Å². The van der Waals surface area contributed by atoms with E-state index >= 15 is 0 Å². The van der Waals surface area contributed by atoms with Gasteiger partial charge >= 0.3 is 0 Å². The molecule has 2 aromatic rings. The Morgan fingerprint density at radius 2 is 1.78 bits per heavy atom. The number of benzene rings is 1. The summed E-state index contributed by atoms with van der Waals surface area (Å²) in [5, 5.41) is 0. The molecular formula is C16H21NO. The largest absolute Gasteiger partial charge is 0.464 e. The molecule has 2 rings (SSSR count). The van der Waals surface area contributed by atoms with E-state index in [4.69, 9.17) is 10.2 Å². The first-order chi connectivity index (χ1) is 8.61. The predicted molar refractivity (Wildman–Crippen MR) is 74.6 cm³/mol. The van der Waals surface area contributed by atoms with Crippen molar-refractivity contribution in [2.24, 2.45) is 5.73 Å². The van der Waals surface area contributed by atoms with Gasteiger partial charge in [0.15, 0.2) is 0 Å². The molecule has 0 aliphatic carbocycles. The maximum absolute atomic E-state index is 6.24. The fraction of sp³-hybridized carbons (Fsp3) is 0.375. The molecule has 1 aromatic heterocycles. The van der Waals surface area contributed by atoms with Crippen molar-refractivity contribution in [1.82, 2.24) is 0 Å². The highest BCUT2D eigenvalue weighted by Crippen LogP contribution is 2.23. The quantitative estimate of drug-likeness (QED) is 0.889. The molecular weight excluding hydrogens is 222 g/mol. The van der Waals surface area contributed by atoms with Gasteiger partial charge < -0.3 is 10.2 Å². The van der Waals surface area contributed by atoms with Gasteiger partial charge in [-0.2, -0.15) is 0 Å². The van der Waals surface area contributed by atoms with E-state index < -0.39 is 0 Å². The Bertz CT molecular complexity index is 507. The lowest BCUT2D eigenvalue weighted by Crippen LogP contribution is -2.14. The Hall–Kier alpha value is -1.54. The van der Waals surface area contributed by atoms with Crippen LogP contribution >= 0.6 is 0 Å². The summed E-state index contributed by atoms with van der Waals surface area (Å²) in [4.78, 5) is 0. The fourth-order valence-corrected chi connectivity index (χ4v) is 2.28. The molecule has 2 nitrogen and oxygen atoms in total. The van der Waals surface area contributed by atoms with E-state index in [0.29, 0.717) is 0 Å². The summed E-state index contributed by atoms with van der Waals surface area (Å²) in [7, 11) is 0. The van der Waals surface area contributed by atoms with Gasteiger partial charge in [0, 0.05) is 6.42 Å². The Balaban J connectivity index is 2.18. The summed E-state index contributed by atoms with van der Waals surface area (Å²) in [6, 6.07) is 10.3. The van der Waals surface area contributed by atoms with Crippen LogP contribution in [0.5, 0.6) is 0 Å². The zero-order chi connectivity index (χ0) is 13.1. The number of rotatable bonds is 4. The second-order valence-corrected chi connectivity index (χ2v) is 4.84. The lowest BCUT2D eigenvalue weighted by molar-refractivity contribution is 0.434. The van der Waals surface area contributed by atoms with Crippen molar-refractivity contribution in [2.45, 2.75) is 39.7 Å². The van der Waals surface area contributed by atoms with Gasteiger partial charge in [0.2, 0.25) is 0 Å². The average Bonchev–Trinajstić information content (AvgIpc) is 2.82. The highest BCUT2D eigenvalue weighted by Gasteiger charge is 2.13. The molecule has 96 valence electrons. The van der Waals surface area contributed by atoms with Crippen molar-refractivity contribution in [3.63, 3.8) is 0 Å². The monoisotopic (exact) mass is 243 g/mol. The average molecular weight is 243 g/mol. The Labute approximate surface area is 109 Å². The minimum atomic E-state index is -0.0647. The van der Waals surface area contributed by atoms with E-state index in [1.54, 1.807) is 0 Å². The first-order valence-electron chi connectivity index (χ1n) is 6.51. The SMILES string of the molecule is CCc1ccc(C(N)Cc2c(C)cccc2C)o1. The van der Waals surface area contributed by atoms with Crippen LogP contribution in [0.4, 0.5) is 0 Å². The van der Waals surface area contributed by atoms with Gasteiger partial charge in [0.25, 0.3) is 0 Å². The fourth-order valence-electron chi connectivity index (χ4n) is 2.28. The van der Waals surface area contributed by atoms with Crippen molar-refractivity contribution in [1.29, 1.82) is 0 Å². The van der Waals surface area contributed by atoms with Gasteiger partial charge in [0.1, 0.15) is 11.5 Å². The van der Waals surface area contributed by atoms with Crippen LogP contribution in [0, 0.1) is 13.8 Å². The summed E-state index contributed by atoms with van der Waals surface area (Å²) >= 11 is 0. The first kappa shape index (κ1) is 12.9. The van der Waals surface area contributed by atoms with E-state index in [1.807, 2.05) is 12.1 Å². The molecule has 1 aromatic carbocycles. The smallest absolute Gasteiger partial charge is 0.121 e. The number of hydrogen-bond donors (Lipinski definition) is 1. The number of furan rings is 1. The molecule has 0 saturated heterocycles. The molecule has 0 bridgehead atoms. The van der Waals surface area contributed by atoms with Crippen molar-refractivity contribution < 1.29 is 4.42 Å². The van der Waals surface area contributed by atoms with Crippen LogP contribution < -0.4 is 5.73 Å². The molecule has 0 aliphatic rings. The van der Waals surface area contributed by atoms with Gasteiger partial charge in [-0.3, -0.25) is 0 Å². The maximum atomic E-state index is 6.24. The van der Waals surface area contributed by atoms with Gasteiger partial charge in [0.05, 0.1) is 6.04 Å². The third-order valence-corrected chi connectivity index (χ3v) is 3.46. The molecule has 0 amide bonds. The normalized spacial score (nSPS) is 12.7. The topological polar surface area (TPSA) is 39.2 Å². The van der Waals surface area contributed by atoms with Crippen molar-refractivity contribution in [2.75, 3.05) is 0 Å². The molecule has 1 atom stereocenters. The standard InChI is InChI=1S/C16H21NO/c1-4-13-8-9-16(18-13)15(17)10-14-11(2)6-5-7-12(14)3/h5-9,15H,4,10,17H2,1-3H3. The maximum Gasteiger partial charge on any atom is 0.121 e. The van der Waals surface area contributed by atoms with Gasteiger partial charge in [-0.25, -0.2) is 0 Å². The highest BCUT2D eigenvalue weighted by molar-refractivity contribution is 5.34. The second-order valence-electron chi connectivity index (χ2n) is 4.84. The summed E-state index contributed by atoms with van der Waals surface area (Å²) in [6.45, 7) is 6.35. The van der Waals surface area contributed by atoms with Crippen molar-refractivity contribution in [3.8, 4) is 0 Å². The second kappa shape index (κ2) is 5.40. The van der Waals surface area contributed by atoms with Crippen LogP contribution in [0.25, 0.3) is 0 Å². The molecule has 0 fully saturated rings. The van der Waals surface area contributed by atoms with E-state index in [-0.39, 0.29) is 6.04 Å². The zero-order valence-electron chi connectivity index (χ0n) is 11.4. The minimum absolute atomic E-state index is 0.0647. The highest BCUT2D eigenvalue weighted by atomic mass is 16.3. The third kappa shape index (κ3) is 2.65. The number of hydrogen-bond acceptors (Lipinski definition) is 2. The summed E-state index contributed by atoms with van der Waals surface area (Å²) in [6.07, 6.45) is 1.74. The number of nitrogens with two attached hydrogens (primary N) is 1. The van der Waals surface area contributed by atoms with Crippen molar-refractivity contribution >= 4 is 0 Å². The minimum Gasteiger partial charge on any atom is -0.464 e. The zero-order valence-corrected chi connectivity index (χ0v) is 11.4. The van der Waals surface area contributed by atoms with Gasteiger partial charge in [-0.05, 0) is 49.1 Å². The lowest BCUT2D eigenvalue weighted by Gasteiger charge is -2.13. The van der Waals surface area contributed by atoms with E-state index in [9.17, 15) is 0 Å². The van der Waals surface area contributed by atoms with Gasteiger partial charge in [-0.1, -0.05) is 25.1 Å². The molecule has 2 heteroatoms. The Morgan fingerprint density at radius 3 is 2.33 bits per heavy atom. The van der Waals surface area contributed by atoms with E-state index in [0.717, 1.165) is 24.4 Å². The van der Waals surface area contributed by atoms with Crippen LogP contribution in [0.15, 0.2) is 34.7 Å². The van der Waals surface area contributed by atoms with E-state index in [2.05, 4.69) is 39.0 Å². The Kier molecular flexibility index (Phi) is 3.87. The summed E-state index contributed by atoms with van der Waals surface area (Å²) in [5.74, 6) is 1.89. The molecule has 0 saturated carbocycles. The van der Waals surface area contributed by atoms with Gasteiger partial charge in [-0.15, -0.1) is 0 Å². The van der Waals surface area contributed by atoms with Crippen LogP contribution in [0.3, 0.4) is 0 Å². The molecule has 0 spiro atoms. The molecule has 1 heterocycles. The molecule has 0 radical (unpaired) electrons. The summed E-state index contributed by atoms with van der Waals surface area (Å²) in [5.41, 5.74) is 10.2. The van der Waals surface area contributed by atoms with Crippen LogP contribution in [-0.2, 0) is 12.8 Å². The first-order valence-corrected chi connectivity index (χ1v) is 6.51.